The van der Waals surface area contributed by atoms with Gasteiger partial charge in [-0.05, 0) is 26.7 Å². The third-order valence-corrected chi connectivity index (χ3v) is 3.53. The summed E-state index contributed by atoms with van der Waals surface area (Å²) in [7, 11) is 0. The molecular weight excluding hydrogens is 232 g/mol. The van der Waals surface area contributed by atoms with Crippen LogP contribution in [0.2, 0.25) is 0 Å². The van der Waals surface area contributed by atoms with E-state index in [2.05, 4.69) is 5.32 Å². The number of carboxylic acids is 1. The van der Waals surface area contributed by atoms with Gasteiger partial charge >= 0.3 is 5.97 Å². The number of nitrogens with zero attached hydrogens (tertiary/aromatic N) is 1. The molecule has 0 saturated heterocycles. The van der Waals surface area contributed by atoms with Gasteiger partial charge in [0.2, 0.25) is 5.91 Å². The Hall–Kier alpha value is -1.10. The van der Waals surface area contributed by atoms with Gasteiger partial charge in [0.25, 0.3) is 0 Å². The van der Waals surface area contributed by atoms with Crippen molar-refractivity contribution in [3.63, 3.8) is 0 Å². The molecule has 0 aromatic heterocycles. The highest BCUT2D eigenvalue weighted by Crippen LogP contribution is 2.24. The Bertz CT molecular complexity index is 305. The summed E-state index contributed by atoms with van der Waals surface area (Å²) >= 11 is 0. The first-order valence-electron chi connectivity index (χ1n) is 6.66. The van der Waals surface area contributed by atoms with Crippen LogP contribution in [0, 0.1) is 0 Å². The summed E-state index contributed by atoms with van der Waals surface area (Å²) in [6.45, 7) is 5.56. The lowest BCUT2D eigenvalue weighted by atomic mass is 9.88. The topological polar surface area (TPSA) is 69.6 Å². The van der Waals surface area contributed by atoms with Crippen molar-refractivity contribution in [2.24, 2.45) is 0 Å². The van der Waals surface area contributed by atoms with E-state index in [-0.39, 0.29) is 30.6 Å². The van der Waals surface area contributed by atoms with Crippen LogP contribution in [-0.2, 0) is 9.59 Å². The van der Waals surface area contributed by atoms with E-state index in [9.17, 15) is 9.59 Å². The van der Waals surface area contributed by atoms with Gasteiger partial charge in [-0.25, -0.2) is 0 Å². The lowest BCUT2D eigenvalue weighted by Crippen LogP contribution is -2.56. The number of carbonyl (C=O) groups excluding carboxylic acids is 1. The average Bonchev–Trinajstić information content (AvgIpc) is 2.25. The molecule has 5 heteroatoms. The van der Waals surface area contributed by atoms with Gasteiger partial charge in [0.15, 0.2) is 0 Å². The molecule has 0 bridgehead atoms. The fourth-order valence-electron chi connectivity index (χ4n) is 2.78. The summed E-state index contributed by atoms with van der Waals surface area (Å²) in [5.74, 6) is -0.846. The van der Waals surface area contributed by atoms with Crippen molar-refractivity contribution >= 4 is 11.9 Å². The summed E-state index contributed by atoms with van der Waals surface area (Å²) in [4.78, 5) is 24.2. The van der Waals surface area contributed by atoms with Crippen molar-refractivity contribution in [1.29, 1.82) is 0 Å². The molecule has 104 valence electrons. The highest BCUT2D eigenvalue weighted by molar-refractivity contribution is 5.73. The molecule has 0 heterocycles. The molecule has 1 saturated carbocycles. The summed E-state index contributed by atoms with van der Waals surface area (Å²) < 4.78 is 0. The van der Waals surface area contributed by atoms with E-state index in [4.69, 9.17) is 5.11 Å². The lowest BCUT2D eigenvalue weighted by Gasteiger charge is -2.41. The van der Waals surface area contributed by atoms with Crippen molar-refractivity contribution in [3.8, 4) is 0 Å². The molecule has 18 heavy (non-hydrogen) atoms. The predicted octanol–water partition coefficient (Wildman–Crippen LogP) is 1.23. The van der Waals surface area contributed by atoms with Crippen LogP contribution >= 0.6 is 0 Å². The molecule has 5 nitrogen and oxygen atoms in total. The number of amides is 1. The van der Waals surface area contributed by atoms with Crippen LogP contribution in [0.4, 0.5) is 0 Å². The van der Waals surface area contributed by atoms with Crippen molar-refractivity contribution in [2.75, 3.05) is 6.54 Å². The second-order valence-corrected chi connectivity index (χ2v) is 5.32. The summed E-state index contributed by atoms with van der Waals surface area (Å²) in [6, 6.07) is 0.386. The molecule has 1 fully saturated rings. The first-order chi connectivity index (χ1) is 8.41. The first kappa shape index (κ1) is 15.0. The minimum Gasteiger partial charge on any atom is -0.480 e. The van der Waals surface area contributed by atoms with Crippen molar-refractivity contribution < 1.29 is 14.7 Å². The molecule has 1 amide bonds. The molecule has 0 spiro atoms. The van der Waals surface area contributed by atoms with Crippen LogP contribution in [0.15, 0.2) is 0 Å². The second kappa shape index (κ2) is 6.73. The van der Waals surface area contributed by atoms with Crippen LogP contribution < -0.4 is 5.32 Å². The fourth-order valence-corrected chi connectivity index (χ4v) is 2.78. The fraction of sp³-hybridized carbons (Fsp3) is 0.846. The third-order valence-electron chi connectivity index (χ3n) is 3.53. The van der Waals surface area contributed by atoms with Gasteiger partial charge in [-0.2, -0.15) is 0 Å². The highest BCUT2D eigenvalue weighted by atomic mass is 16.4. The summed E-state index contributed by atoms with van der Waals surface area (Å²) in [6.07, 6.45) is 4.09. The van der Waals surface area contributed by atoms with Gasteiger partial charge in [0.05, 0.1) is 6.54 Å². The van der Waals surface area contributed by atoms with Gasteiger partial charge in [-0.1, -0.05) is 12.8 Å². The molecule has 2 atom stereocenters. The lowest BCUT2D eigenvalue weighted by molar-refractivity contribution is -0.140. The summed E-state index contributed by atoms with van der Waals surface area (Å²) in [5.41, 5.74) is 0. The highest BCUT2D eigenvalue weighted by Gasteiger charge is 2.32. The van der Waals surface area contributed by atoms with Crippen molar-refractivity contribution in [1.82, 2.24) is 10.2 Å². The monoisotopic (exact) mass is 256 g/mol. The molecule has 1 aliphatic carbocycles. The van der Waals surface area contributed by atoms with Crippen LogP contribution in [-0.4, -0.2) is 46.6 Å². The van der Waals surface area contributed by atoms with Gasteiger partial charge in [0.1, 0.15) is 0 Å². The van der Waals surface area contributed by atoms with E-state index in [1.807, 2.05) is 18.7 Å². The number of carbonyl (C=O) groups is 2. The largest absolute Gasteiger partial charge is 0.480 e. The normalized spacial score (nSPS) is 24.3. The van der Waals surface area contributed by atoms with E-state index in [0.717, 1.165) is 25.7 Å². The van der Waals surface area contributed by atoms with Gasteiger partial charge in [-0.3, -0.25) is 14.5 Å². The summed E-state index contributed by atoms with van der Waals surface area (Å²) in [5, 5.41) is 12.0. The van der Waals surface area contributed by atoms with Crippen LogP contribution in [0.5, 0.6) is 0 Å². The third kappa shape index (κ3) is 4.29. The minimum absolute atomic E-state index is 0.0362. The Balaban J connectivity index is 2.77. The Labute approximate surface area is 109 Å². The number of hydrogen-bond donors (Lipinski definition) is 2. The molecule has 0 unspecified atom stereocenters. The molecule has 0 aliphatic heterocycles. The molecule has 1 rings (SSSR count). The van der Waals surface area contributed by atoms with Crippen LogP contribution in [0.1, 0.15) is 46.5 Å². The molecule has 0 radical (unpaired) electrons. The van der Waals surface area contributed by atoms with E-state index in [1.165, 1.54) is 6.92 Å². The van der Waals surface area contributed by atoms with Gasteiger partial charge < -0.3 is 10.4 Å². The Kier molecular flexibility index (Phi) is 5.59. The Morgan fingerprint density at radius 1 is 1.33 bits per heavy atom. The number of carboxylic acid groups (broad SMARTS) is 1. The number of rotatable bonds is 5. The molecule has 0 aromatic rings. The maximum Gasteiger partial charge on any atom is 0.317 e. The second-order valence-electron chi connectivity index (χ2n) is 5.32. The molecule has 0 aromatic carbocycles. The van der Waals surface area contributed by atoms with Crippen molar-refractivity contribution in [2.45, 2.75) is 64.6 Å². The van der Waals surface area contributed by atoms with E-state index >= 15 is 0 Å². The standard InChI is InChI=1S/C13H24N2O3/c1-9(2)15(8-13(17)18)12-7-5-4-6-11(12)14-10(3)16/h9,11-12H,4-8H2,1-3H3,(H,14,16)(H,17,18)/t11-,12+/m1/s1. The minimum atomic E-state index is -0.809. The smallest absolute Gasteiger partial charge is 0.317 e. The zero-order chi connectivity index (χ0) is 13.7. The average molecular weight is 256 g/mol. The van der Waals surface area contributed by atoms with E-state index in [1.54, 1.807) is 0 Å². The molecule has 1 aliphatic rings. The van der Waals surface area contributed by atoms with Gasteiger partial charge in [0, 0.05) is 25.0 Å². The van der Waals surface area contributed by atoms with Crippen molar-refractivity contribution in [3.05, 3.63) is 0 Å². The first-order valence-corrected chi connectivity index (χ1v) is 6.66. The quantitative estimate of drug-likeness (QED) is 0.776. The van der Waals surface area contributed by atoms with Crippen LogP contribution in [0.3, 0.4) is 0 Å². The predicted molar refractivity (Wildman–Crippen MR) is 69.3 cm³/mol. The Morgan fingerprint density at radius 3 is 2.44 bits per heavy atom. The number of nitrogens with one attached hydrogen (secondary N) is 1. The zero-order valence-corrected chi connectivity index (χ0v) is 11.5. The van der Waals surface area contributed by atoms with E-state index in [0.29, 0.717) is 0 Å². The van der Waals surface area contributed by atoms with Crippen LogP contribution in [0.25, 0.3) is 0 Å². The number of aliphatic carboxylic acids is 1. The maximum absolute atomic E-state index is 11.2. The number of hydrogen-bond acceptors (Lipinski definition) is 3. The maximum atomic E-state index is 11.2. The molecule has 2 N–H and O–H groups in total. The molecular formula is C13H24N2O3. The zero-order valence-electron chi connectivity index (χ0n) is 11.5. The van der Waals surface area contributed by atoms with Gasteiger partial charge in [-0.15, -0.1) is 0 Å². The van der Waals surface area contributed by atoms with E-state index < -0.39 is 5.97 Å². The Morgan fingerprint density at radius 2 is 1.94 bits per heavy atom. The SMILES string of the molecule is CC(=O)N[C@@H]1CCCC[C@@H]1N(CC(=O)O)C(C)C.